The first-order valence-corrected chi connectivity index (χ1v) is 7.61. The Hall–Kier alpha value is -1.69. The molecule has 0 aliphatic heterocycles. The van der Waals surface area contributed by atoms with Crippen LogP contribution in [0.25, 0.3) is 11.3 Å². The van der Waals surface area contributed by atoms with Gasteiger partial charge in [0, 0.05) is 12.1 Å². The van der Waals surface area contributed by atoms with Gasteiger partial charge >= 0.3 is 0 Å². The quantitative estimate of drug-likeness (QED) is 0.650. The summed E-state index contributed by atoms with van der Waals surface area (Å²) in [7, 11) is 0. The molecule has 4 heteroatoms. The lowest BCUT2D eigenvalue weighted by Gasteiger charge is -2.03. The summed E-state index contributed by atoms with van der Waals surface area (Å²) in [6.07, 6.45) is 0.967. The molecule has 1 heterocycles. The Labute approximate surface area is 131 Å². The lowest BCUT2D eigenvalue weighted by atomic mass is 10.1. The van der Waals surface area contributed by atoms with Gasteiger partial charge < -0.3 is 0 Å². The maximum Gasteiger partial charge on any atom is 0.127 e. The largest absolute Gasteiger partial charge is 0.238 e. The molecule has 0 aliphatic rings. The van der Waals surface area contributed by atoms with Crippen LogP contribution in [-0.4, -0.2) is 15.0 Å². The highest BCUT2D eigenvalue weighted by Gasteiger charge is 2.11. The molecule has 1 aromatic heterocycles. The van der Waals surface area contributed by atoms with Crippen LogP contribution < -0.4 is 0 Å². The highest BCUT2D eigenvalue weighted by molar-refractivity contribution is 14.1. The molecule has 0 atom stereocenters. The molecule has 20 heavy (non-hydrogen) atoms. The van der Waals surface area contributed by atoms with Crippen LogP contribution in [0.2, 0.25) is 0 Å². The Morgan fingerprint density at radius 3 is 2.25 bits per heavy atom. The van der Waals surface area contributed by atoms with Crippen molar-refractivity contribution in [2.24, 2.45) is 0 Å². The fourth-order valence-electron chi connectivity index (χ4n) is 2.10. The number of benzene rings is 2. The predicted octanol–water partition coefficient (Wildman–Crippen LogP) is 3.79. The molecule has 0 bridgehead atoms. The van der Waals surface area contributed by atoms with Gasteiger partial charge in [0.25, 0.3) is 0 Å². The molecular formula is C16H14IN3. The average molecular weight is 375 g/mol. The van der Waals surface area contributed by atoms with Crippen LogP contribution in [0, 0.1) is 3.70 Å². The Morgan fingerprint density at radius 1 is 0.900 bits per heavy atom. The number of aryl methyl sites for hydroxylation is 2. The molecule has 0 saturated heterocycles. The van der Waals surface area contributed by atoms with Gasteiger partial charge in [-0.15, -0.1) is 5.10 Å². The van der Waals surface area contributed by atoms with Gasteiger partial charge in [-0.2, -0.15) is 0 Å². The summed E-state index contributed by atoms with van der Waals surface area (Å²) >= 11 is 2.32. The summed E-state index contributed by atoms with van der Waals surface area (Å²) in [5.74, 6) is 0. The van der Waals surface area contributed by atoms with Gasteiger partial charge in [0.2, 0.25) is 0 Å². The lowest BCUT2D eigenvalue weighted by Crippen LogP contribution is -2.05. The van der Waals surface area contributed by atoms with Crippen LogP contribution in [0.4, 0.5) is 0 Å². The Morgan fingerprint density at radius 2 is 1.55 bits per heavy atom. The van der Waals surface area contributed by atoms with Crippen molar-refractivity contribution >= 4 is 22.6 Å². The van der Waals surface area contributed by atoms with Crippen molar-refractivity contribution < 1.29 is 0 Å². The second kappa shape index (κ2) is 6.17. The topological polar surface area (TPSA) is 30.7 Å². The minimum Gasteiger partial charge on any atom is -0.238 e. The monoisotopic (exact) mass is 375 g/mol. The maximum atomic E-state index is 4.30. The van der Waals surface area contributed by atoms with E-state index in [9.17, 15) is 0 Å². The lowest BCUT2D eigenvalue weighted by molar-refractivity contribution is 0.578. The molecular weight excluding hydrogens is 361 g/mol. The van der Waals surface area contributed by atoms with E-state index in [1.807, 2.05) is 28.9 Å². The number of halogens is 1. The molecule has 3 rings (SSSR count). The van der Waals surface area contributed by atoms with Crippen molar-refractivity contribution in [1.29, 1.82) is 0 Å². The summed E-state index contributed by atoms with van der Waals surface area (Å²) in [4.78, 5) is 0. The van der Waals surface area contributed by atoms with Crippen molar-refractivity contribution in [3.05, 3.63) is 69.9 Å². The van der Waals surface area contributed by atoms with E-state index in [2.05, 4.69) is 69.3 Å². The number of aromatic nitrogens is 3. The van der Waals surface area contributed by atoms with Crippen LogP contribution in [0.15, 0.2) is 60.7 Å². The van der Waals surface area contributed by atoms with Crippen LogP contribution >= 0.6 is 22.6 Å². The standard InChI is InChI=1S/C16H14IN3/c17-16-15(14-9-5-2-6-10-14)18-19-20(16)12-11-13-7-3-1-4-8-13/h1-10H,11-12H2. The highest BCUT2D eigenvalue weighted by atomic mass is 127. The Kier molecular flexibility index (Phi) is 4.11. The summed E-state index contributed by atoms with van der Waals surface area (Å²) < 4.78 is 3.06. The normalized spacial score (nSPS) is 10.7. The number of hydrogen-bond acceptors (Lipinski definition) is 2. The van der Waals surface area contributed by atoms with E-state index in [1.54, 1.807) is 0 Å². The van der Waals surface area contributed by atoms with E-state index < -0.39 is 0 Å². The molecule has 0 aliphatic carbocycles. The number of nitrogens with zero attached hydrogens (tertiary/aromatic N) is 3. The van der Waals surface area contributed by atoms with Gasteiger partial charge in [0.05, 0.1) is 0 Å². The minimum absolute atomic E-state index is 0.849. The van der Waals surface area contributed by atoms with Gasteiger partial charge in [-0.25, -0.2) is 4.68 Å². The first-order chi connectivity index (χ1) is 9.84. The summed E-state index contributed by atoms with van der Waals surface area (Å²) in [5, 5.41) is 8.57. The second-order valence-electron chi connectivity index (χ2n) is 4.55. The van der Waals surface area contributed by atoms with Crippen LogP contribution in [-0.2, 0) is 13.0 Å². The van der Waals surface area contributed by atoms with Crippen LogP contribution in [0.3, 0.4) is 0 Å². The van der Waals surface area contributed by atoms with Gasteiger partial charge in [-0.05, 0) is 34.6 Å². The van der Waals surface area contributed by atoms with Crippen molar-refractivity contribution in [3.8, 4) is 11.3 Å². The Bertz CT molecular complexity index is 677. The summed E-state index contributed by atoms with van der Waals surface area (Å²) in [6, 6.07) is 20.6. The number of rotatable bonds is 4. The smallest absolute Gasteiger partial charge is 0.127 e. The van der Waals surface area contributed by atoms with Gasteiger partial charge in [0.15, 0.2) is 0 Å². The van der Waals surface area contributed by atoms with Gasteiger partial charge in [0.1, 0.15) is 9.39 Å². The van der Waals surface area contributed by atoms with Gasteiger partial charge in [-0.1, -0.05) is 65.9 Å². The van der Waals surface area contributed by atoms with E-state index in [4.69, 9.17) is 0 Å². The van der Waals surface area contributed by atoms with E-state index in [1.165, 1.54) is 5.56 Å². The van der Waals surface area contributed by atoms with Crippen molar-refractivity contribution in [1.82, 2.24) is 15.0 Å². The molecule has 3 nitrogen and oxygen atoms in total. The fraction of sp³-hybridized carbons (Fsp3) is 0.125. The molecule has 0 saturated carbocycles. The molecule has 3 aromatic rings. The predicted molar refractivity (Wildman–Crippen MR) is 88.3 cm³/mol. The van der Waals surface area contributed by atoms with Gasteiger partial charge in [-0.3, -0.25) is 0 Å². The molecule has 0 spiro atoms. The molecule has 0 N–H and O–H groups in total. The second-order valence-corrected chi connectivity index (χ2v) is 5.58. The third-order valence-corrected chi connectivity index (χ3v) is 4.24. The summed E-state index contributed by atoms with van der Waals surface area (Å²) in [6.45, 7) is 0.849. The van der Waals surface area contributed by atoms with Crippen molar-refractivity contribution in [2.45, 2.75) is 13.0 Å². The Balaban J connectivity index is 1.78. The van der Waals surface area contributed by atoms with Crippen LogP contribution in [0.1, 0.15) is 5.56 Å². The van der Waals surface area contributed by atoms with Crippen molar-refractivity contribution in [2.75, 3.05) is 0 Å². The highest BCUT2D eigenvalue weighted by Crippen LogP contribution is 2.22. The molecule has 0 fully saturated rings. The first-order valence-electron chi connectivity index (χ1n) is 6.53. The van der Waals surface area contributed by atoms with E-state index in [-0.39, 0.29) is 0 Å². The maximum absolute atomic E-state index is 4.30. The molecule has 0 amide bonds. The van der Waals surface area contributed by atoms with E-state index >= 15 is 0 Å². The third-order valence-electron chi connectivity index (χ3n) is 3.18. The zero-order chi connectivity index (χ0) is 13.8. The van der Waals surface area contributed by atoms with E-state index in [0.717, 1.165) is 27.9 Å². The zero-order valence-electron chi connectivity index (χ0n) is 10.9. The third kappa shape index (κ3) is 2.90. The molecule has 100 valence electrons. The fourth-order valence-corrected chi connectivity index (χ4v) is 2.85. The molecule has 2 aromatic carbocycles. The first kappa shape index (κ1) is 13.3. The van der Waals surface area contributed by atoms with Crippen molar-refractivity contribution in [3.63, 3.8) is 0 Å². The number of hydrogen-bond donors (Lipinski definition) is 0. The SMILES string of the molecule is Ic1c(-c2ccccc2)nnn1CCc1ccccc1. The summed E-state index contributed by atoms with van der Waals surface area (Å²) in [5.41, 5.74) is 3.39. The minimum atomic E-state index is 0.849. The van der Waals surface area contributed by atoms with Crippen LogP contribution in [0.5, 0.6) is 0 Å². The average Bonchev–Trinajstić information content (AvgIpc) is 2.88. The van der Waals surface area contributed by atoms with E-state index in [0.29, 0.717) is 0 Å². The zero-order valence-corrected chi connectivity index (χ0v) is 13.1. The molecule has 0 radical (unpaired) electrons. The molecule has 0 unspecified atom stereocenters.